The lowest BCUT2D eigenvalue weighted by molar-refractivity contribution is -0.114. The second kappa shape index (κ2) is 6.99. The van der Waals surface area contributed by atoms with Gasteiger partial charge in [0.1, 0.15) is 0 Å². The van der Waals surface area contributed by atoms with E-state index in [4.69, 9.17) is 5.53 Å². The van der Waals surface area contributed by atoms with Gasteiger partial charge in [-0.1, -0.05) is 16.5 Å². The maximum absolute atomic E-state index is 11.7. The third kappa shape index (κ3) is 5.18. The summed E-state index contributed by atoms with van der Waals surface area (Å²) in [6, 6.07) is 0. The number of anilines is 1. The average molecular weight is 305 g/mol. The third-order valence-corrected chi connectivity index (χ3v) is 4.38. The molecule has 1 aromatic rings. The molecule has 0 atom stereocenters. The molecule has 0 aliphatic carbocycles. The smallest absolute Gasteiger partial charge is 0.269 e. The second-order valence-electron chi connectivity index (χ2n) is 3.26. The monoisotopic (exact) mass is 305 g/mol. The molecular weight excluding hydrogens is 294 g/mol. The number of nitrogens with one attached hydrogen (secondary N) is 2. The van der Waals surface area contributed by atoms with Crippen LogP contribution in [0.4, 0.5) is 5.13 Å². The highest BCUT2D eigenvalue weighted by atomic mass is 32.2. The average Bonchev–Trinajstić information content (AvgIpc) is 2.77. The van der Waals surface area contributed by atoms with E-state index in [0.717, 1.165) is 11.3 Å². The molecule has 104 valence electrons. The maximum atomic E-state index is 11.7. The molecule has 0 spiro atoms. The van der Waals surface area contributed by atoms with Crippen molar-refractivity contribution in [2.75, 3.05) is 18.4 Å². The molecule has 0 aliphatic heterocycles. The fraction of sp³-hybridized carbons (Fsp3) is 0.571. The van der Waals surface area contributed by atoms with E-state index in [1.54, 1.807) is 0 Å². The summed E-state index contributed by atoms with van der Waals surface area (Å²) < 4.78 is 25.5. The predicted octanol–water partition coefficient (Wildman–Crippen LogP) is 0.475. The first-order chi connectivity index (χ1) is 8.95. The van der Waals surface area contributed by atoms with Gasteiger partial charge < -0.3 is 5.32 Å². The number of aromatic nitrogens is 2. The summed E-state index contributed by atoms with van der Waals surface area (Å²) in [4.78, 5) is 13.3. The minimum Gasteiger partial charge on any atom is -0.301 e. The molecule has 0 bridgehead atoms. The Morgan fingerprint density at radius 3 is 2.89 bits per heavy atom. The molecule has 1 aromatic heterocycles. The summed E-state index contributed by atoms with van der Waals surface area (Å²) in [5, 5.41) is 12.7. The van der Waals surface area contributed by atoms with Gasteiger partial charge in [-0.2, -0.15) is 0 Å². The lowest BCUT2D eigenvalue weighted by atomic mass is 10.4. The summed E-state index contributed by atoms with van der Waals surface area (Å²) in [6.07, 6.45) is 0.376. The Morgan fingerprint density at radius 1 is 1.53 bits per heavy atom. The Hall–Kier alpha value is -1.75. The molecule has 0 fully saturated rings. The number of hydrogen-bond donors (Lipinski definition) is 2. The van der Waals surface area contributed by atoms with Crippen LogP contribution < -0.4 is 10.0 Å². The molecule has 1 rings (SSSR count). The number of azide groups is 1. The molecule has 2 N–H and O–H groups in total. The largest absolute Gasteiger partial charge is 0.301 e. The molecule has 10 nitrogen and oxygen atoms in total. The van der Waals surface area contributed by atoms with Crippen LogP contribution in [0.5, 0.6) is 0 Å². The molecule has 0 saturated heterocycles. The normalized spacial score (nSPS) is 10.8. The fourth-order valence-electron chi connectivity index (χ4n) is 0.982. The molecule has 0 aliphatic rings. The van der Waals surface area contributed by atoms with E-state index in [2.05, 4.69) is 30.3 Å². The van der Waals surface area contributed by atoms with E-state index < -0.39 is 10.0 Å². The van der Waals surface area contributed by atoms with E-state index in [-0.39, 0.29) is 28.5 Å². The number of carbonyl (C=O) groups is 1. The highest BCUT2D eigenvalue weighted by molar-refractivity contribution is 7.91. The van der Waals surface area contributed by atoms with E-state index in [1.807, 2.05) is 0 Å². The van der Waals surface area contributed by atoms with Crippen LogP contribution >= 0.6 is 11.3 Å². The van der Waals surface area contributed by atoms with E-state index in [9.17, 15) is 13.2 Å². The van der Waals surface area contributed by atoms with E-state index in [1.165, 1.54) is 6.92 Å². The zero-order valence-electron chi connectivity index (χ0n) is 9.90. The summed E-state index contributed by atoms with van der Waals surface area (Å²) in [5.41, 5.74) is 8.05. The highest BCUT2D eigenvalue weighted by Crippen LogP contribution is 2.19. The minimum absolute atomic E-state index is 0.113. The van der Waals surface area contributed by atoms with Crippen LogP contribution in [0.25, 0.3) is 10.4 Å². The standard InChI is InChI=1S/C7H11N7O3S2/c1-5(15)11-6-12-13-7(18-6)19(16,17)10-4-2-3-9-14-8/h10H,2-4H2,1H3,(H,11,12,15). The Balaban J connectivity index is 2.59. The van der Waals surface area contributed by atoms with Gasteiger partial charge in [-0.25, -0.2) is 13.1 Å². The van der Waals surface area contributed by atoms with Crippen LogP contribution in [-0.4, -0.2) is 37.6 Å². The van der Waals surface area contributed by atoms with Gasteiger partial charge in [0, 0.05) is 24.9 Å². The molecule has 1 heterocycles. The fourth-order valence-corrected chi connectivity index (χ4v) is 3.04. The van der Waals surface area contributed by atoms with Crippen LogP contribution in [0.2, 0.25) is 0 Å². The topological polar surface area (TPSA) is 150 Å². The zero-order chi connectivity index (χ0) is 14.3. The van der Waals surface area contributed by atoms with Crippen molar-refractivity contribution in [3.63, 3.8) is 0 Å². The van der Waals surface area contributed by atoms with Crippen LogP contribution in [0.15, 0.2) is 9.45 Å². The van der Waals surface area contributed by atoms with Gasteiger partial charge in [0.05, 0.1) is 0 Å². The maximum Gasteiger partial charge on any atom is 0.269 e. The molecule has 0 aromatic carbocycles. The predicted molar refractivity (Wildman–Crippen MR) is 68.0 cm³/mol. The second-order valence-corrected chi connectivity index (χ2v) is 6.18. The van der Waals surface area contributed by atoms with Gasteiger partial charge in [0.25, 0.3) is 10.0 Å². The van der Waals surface area contributed by atoms with Crippen molar-refractivity contribution >= 4 is 32.4 Å². The number of amides is 1. The van der Waals surface area contributed by atoms with Crippen molar-refractivity contribution in [2.24, 2.45) is 5.11 Å². The first-order valence-electron chi connectivity index (χ1n) is 5.07. The molecule has 0 saturated carbocycles. The van der Waals surface area contributed by atoms with Crippen molar-refractivity contribution in [1.29, 1.82) is 0 Å². The van der Waals surface area contributed by atoms with Gasteiger partial charge in [0.15, 0.2) is 0 Å². The Bertz CT molecular complexity index is 590. The summed E-state index contributed by atoms with van der Waals surface area (Å²) in [7, 11) is -3.75. The van der Waals surface area contributed by atoms with E-state index >= 15 is 0 Å². The number of rotatable bonds is 7. The molecule has 0 unspecified atom stereocenters. The van der Waals surface area contributed by atoms with Crippen molar-refractivity contribution in [3.05, 3.63) is 10.4 Å². The third-order valence-electron chi connectivity index (χ3n) is 1.71. The lowest BCUT2D eigenvalue weighted by Crippen LogP contribution is -2.25. The SMILES string of the molecule is CC(=O)Nc1nnc(S(=O)(=O)NCCCN=[N+]=[N-])s1. The zero-order valence-corrected chi connectivity index (χ0v) is 11.5. The number of sulfonamides is 1. The minimum atomic E-state index is -3.75. The quantitative estimate of drug-likeness (QED) is 0.247. The molecular formula is C7H11N7O3S2. The van der Waals surface area contributed by atoms with Gasteiger partial charge >= 0.3 is 0 Å². The molecule has 1 amide bonds. The van der Waals surface area contributed by atoms with Crippen molar-refractivity contribution < 1.29 is 13.2 Å². The Morgan fingerprint density at radius 2 is 2.26 bits per heavy atom. The summed E-state index contributed by atoms with van der Waals surface area (Å²) in [6.45, 7) is 1.60. The Kier molecular flexibility index (Phi) is 5.63. The van der Waals surface area contributed by atoms with Crippen LogP contribution in [0.1, 0.15) is 13.3 Å². The Labute approximate surface area is 112 Å². The van der Waals surface area contributed by atoms with Crippen LogP contribution in [0.3, 0.4) is 0 Å². The van der Waals surface area contributed by atoms with Crippen LogP contribution in [-0.2, 0) is 14.8 Å². The van der Waals surface area contributed by atoms with Gasteiger partial charge in [-0.05, 0) is 12.0 Å². The summed E-state index contributed by atoms with van der Waals surface area (Å²) >= 11 is 0.750. The van der Waals surface area contributed by atoms with Crippen molar-refractivity contribution in [2.45, 2.75) is 17.7 Å². The van der Waals surface area contributed by atoms with Crippen molar-refractivity contribution in [1.82, 2.24) is 14.9 Å². The number of carbonyl (C=O) groups excluding carboxylic acids is 1. The van der Waals surface area contributed by atoms with Gasteiger partial charge in [0.2, 0.25) is 15.4 Å². The molecule has 0 radical (unpaired) electrons. The molecule has 12 heteroatoms. The van der Waals surface area contributed by atoms with Crippen molar-refractivity contribution in [3.8, 4) is 0 Å². The van der Waals surface area contributed by atoms with Crippen LogP contribution in [0, 0.1) is 0 Å². The van der Waals surface area contributed by atoms with Gasteiger partial charge in [-0.3, -0.25) is 4.79 Å². The van der Waals surface area contributed by atoms with E-state index in [0.29, 0.717) is 6.42 Å². The number of hydrogen-bond acceptors (Lipinski definition) is 7. The van der Waals surface area contributed by atoms with Gasteiger partial charge in [-0.15, -0.1) is 10.2 Å². The first kappa shape index (κ1) is 15.3. The molecule has 19 heavy (non-hydrogen) atoms. The highest BCUT2D eigenvalue weighted by Gasteiger charge is 2.19. The number of nitrogens with zero attached hydrogens (tertiary/aromatic N) is 5. The summed E-state index contributed by atoms with van der Waals surface area (Å²) in [5.74, 6) is -0.359. The first-order valence-corrected chi connectivity index (χ1v) is 7.37. The lowest BCUT2D eigenvalue weighted by Gasteiger charge is -2.00.